The molecule has 1 heterocycles. The van der Waals surface area contributed by atoms with Crippen LogP contribution in [0.2, 0.25) is 0 Å². The summed E-state index contributed by atoms with van der Waals surface area (Å²) in [7, 11) is 0. The molecule has 0 saturated heterocycles. The molecular formula is C25H25N3OS. The van der Waals surface area contributed by atoms with Gasteiger partial charge in [-0.1, -0.05) is 86.0 Å². The molecule has 0 spiro atoms. The molecule has 0 saturated carbocycles. The van der Waals surface area contributed by atoms with Crippen molar-refractivity contribution < 1.29 is 4.79 Å². The van der Waals surface area contributed by atoms with E-state index in [1.807, 2.05) is 61.6 Å². The Morgan fingerprint density at radius 1 is 1.30 bits per heavy atom. The summed E-state index contributed by atoms with van der Waals surface area (Å²) in [5.74, 6) is 1.08. The van der Waals surface area contributed by atoms with Gasteiger partial charge in [-0.15, -0.1) is 0 Å². The zero-order chi connectivity index (χ0) is 21.5. The second-order valence-electron chi connectivity index (χ2n) is 7.05. The summed E-state index contributed by atoms with van der Waals surface area (Å²) in [5, 5.41) is 5.04. The molecule has 4 nitrogen and oxygen atoms in total. The first kappa shape index (κ1) is 21.5. The van der Waals surface area contributed by atoms with Gasteiger partial charge in [0.15, 0.2) is 5.82 Å². The number of nitrogens with one attached hydrogen (secondary N) is 1. The maximum atomic E-state index is 12.5. The van der Waals surface area contributed by atoms with Crippen LogP contribution in [0, 0.1) is 12.8 Å². The lowest BCUT2D eigenvalue weighted by Crippen LogP contribution is -2.31. The number of hydrogen-bond acceptors (Lipinski definition) is 4. The van der Waals surface area contributed by atoms with Crippen LogP contribution >= 0.6 is 11.8 Å². The van der Waals surface area contributed by atoms with E-state index < -0.39 is 0 Å². The highest BCUT2D eigenvalue weighted by molar-refractivity contribution is 7.99. The van der Waals surface area contributed by atoms with Gasteiger partial charge >= 0.3 is 0 Å². The summed E-state index contributed by atoms with van der Waals surface area (Å²) in [4.78, 5) is 21.8. The summed E-state index contributed by atoms with van der Waals surface area (Å²) < 4.78 is 0. The van der Waals surface area contributed by atoms with E-state index in [1.165, 1.54) is 11.8 Å². The predicted molar refractivity (Wildman–Crippen MR) is 126 cm³/mol. The Kier molecular flexibility index (Phi) is 7.20. The molecular weight excluding hydrogens is 390 g/mol. The number of rotatable bonds is 6. The van der Waals surface area contributed by atoms with Crippen LogP contribution < -0.4 is 15.9 Å². The molecule has 5 heteroatoms. The van der Waals surface area contributed by atoms with Gasteiger partial charge in [-0.05, 0) is 31.1 Å². The molecule has 0 radical (unpaired) electrons. The Morgan fingerprint density at radius 3 is 2.90 bits per heavy atom. The molecule has 1 atom stereocenters. The molecule has 3 rings (SSSR count). The predicted octanol–water partition coefficient (Wildman–Crippen LogP) is 3.68. The lowest BCUT2D eigenvalue weighted by molar-refractivity contribution is -0.117. The first-order valence-electron chi connectivity index (χ1n) is 9.72. The molecule has 30 heavy (non-hydrogen) atoms. The molecule has 2 aromatic rings. The summed E-state index contributed by atoms with van der Waals surface area (Å²) in [5.41, 5.74) is 2.83. The van der Waals surface area contributed by atoms with Crippen LogP contribution in [-0.4, -0.2) is 21.6 Å². The van der Waals surface area contributed by atoms with Gasteiger partial charge in [0, 0.05) is 16.5 Å². The third kappa shape index (κ3) is 5.67. The summed E-state index contributed by atoms with van der Waals surface area (Å²) in [6.45, 7) is 12.0. The van der Waals surface area contributed by atoms with Crippen molar-refractivity contribution in [3.8, 4) is 11.4 Å². The van der Waals surface area contributed by atoms with Crippen LogP contribution in [0.3, 0.4) is 0 Å². The molecule has 1 amide bonds. The fraction of sp³-hybridized carbons (Fsp3) is 0.160. The van der Waals surface area contributed by atoms with E-state index in [4.69, 9.17) is 4.98 Å². The van der Waals surface area contributed by atoms with E-state index in [-0.39, 0.29) is 11.7 Å². The third-order valence-corrected chi connectivity index (χ3v) is 5.44. The highest BCUT2D eigenvalue weighted by Crippen LogP contribution is 2.18. The number of carbonyl (C=O) groups excluding carboxylic acids is 1. The Balaban J connectivity index is 1.83. The van der Waals surface area contributed by atoms with Crippen molar-refractivity contribution in [2.24, 2.45) is 5.92 Å². The Bertz CT molecular complexity index is 1160. The SMILES string of the molecule is C=C/C=c1/c(SCC(=O)NC2=CC=CC(C)C=C2)nc(-c2cccc(C)c2)nc1=C. The van der Waals surface area contributed by atoms with E-state index in [9.17, 15) is 4.79 Å². The van der Waals surface area contributed by atoms with Gasteiger partial charge in [0.1, 0.15) is 5.03 Å². The molecule has 152 valence electrons. The number of allylic oxidation sites excluding steroid dienone is 6. The fourth-order valence-electron chi connectivity index (χ4n) is 2.93. The number of nitrogens with zero attached hydrogens (tertiary/aromatic N) is 2. The molecule has 1 aromatic heterocycles. The van der Waals surface area contributed by atoms with Gasteiger partial charge in [-0.25, -0.2) is 9.97 Å². The number of hydrogen-bond donors (Lipinski definition) is 1. The van der Waals surface area contributed by atoms with Crippen LogP contribution in [0.15, 0.2) is 78.0 Å². The average molecular weight is 416 g/mol. The molecule has 1 N–H and O–H groups in total. The van der Waals surface area contributed by atoms with Crippen LogP contribution in [0.5, 0.6) is 0 Å². The Hall–Kier alpha value is -3.18. The van der Waals surface area contributed by atoms with Crippen molar-refractivity contribution >= 4 is 30.3 Å². The van der Waals surface area contributed by atoms with E-state index >= 15 is 0 Å². The van der Waals surface area contributed by atoms with E-state index in [0.717, 1.165) is 22.0 Å². The minimum Gasteiger partial charge on any atom is -0.325 e. The standard InChI is InChI=1S/C25H25N3OS/c1-5-8-22-19(4)26-24(20-11-6-10-18(3)15-20)28-25(22)30-16-23(29)27-21-12-7-9-17(2)13-14-21/h5-15,17H,1,4,16H2,2-3H3,(H,27,29)/b22-8+. The zero-order valence-electron chi connectivity index (χ0n) is 17.3. The van der Waals surface area contributed by atoms with Crippen molar-refractivity contribution in [2.75, 3.05) is 5.75 Å². The Labute approximate surface area is 181 Å². The second kappa shape index (κ2) is 10.0. The number of thioether (sulfide) groups is 1. The van der Waals surface area contributed by atoms with Crippen molar-refractivity contribution in [1.29, 1.82) is 0 Å². The third-order valence-electron chi connectivity index (χ3n) is 4.44. The molecule has 1 aliphatic rings. The minimum atomic E-state index is -0.0928. The lowest BCUT2D eigenvalue weighted by Gasteiger charge is -2.08. The number of benzene rings is 1. The number of aryl methyl sites for hydroxylation is 1. The van der Waals surface area contributed by atoms with Gasteiger partial charge in [0.25, 0.3) is 0 Å². The van der Waals surface area contributed by atoms with Crippen LogP contribution in [-0.2, 0) is 4.79 Å². The summed E-state index contributed by atoms with van der Waals surface area (Å²) >= 11 is 1.37. The van der Waals surface area contributed by atoms with Crippen molar-refractivity contribution in [1.82, 2.24) is 15.3 Å². The summed E-state index contributed by atoms with van der Waals surface area (Å²) in [6, 6.07) is 8.01. The van der Waals surface area contributed by atoms with E-state index in [0.29, 0.717) is 22.1 Å². The summed E-state index contributed by atoms with van der Waals surface area (Å²) in [6.07, 6.45) is 13.4. The molecule has 1 aliphatic carbocycles. The van der Waals surface area contributed by atoms with Gasteiger partial charge in [-0.3, -0.25) is 4.79 Å². The van der Waals surface area contributed by atoms with Crippen LogP contribution in [0.1, 0.15) is 12.5 Å². The zero-order valence-corrected chi connectivity index (χ0v) is 18.1. The molecule has 0 aliphatic heterocycles. The van der Waals surface area contributed by atoms with E-state index in [1.54, 1.807) is 6.08 Å². The first-order valence-corrected chi connectivity index (χ1v) is 10.7. The minimum absolute atomic E-state index is 0.0928. The maximum absolute atomic E-state index is 12.5. The first-order chi connectivity index (χ1) is 14.5. The highest BCUT2D eigenvalue weighted by atomic mass is 32.2. The number of carbonyl (C=O) groups is 1. The smallest absolute Gasteiger partial charge is 0.234 e. The normalized spacial score (nSPS) is 16.1. The van der Waals surface area contributed by atoms with Gasteiger partial charge in [0.05, 0.1) is 11.1 Å². The monoisotopic (exact) mass is 415 g/mol. The van der Waals surface area contributed by atoms with Crippen LogP contribution in [0.25, 0.3) is 24.0 Å². The quantitative estimate of drug-likeness (QED) is 0.578. The van der Waals surface area contributed by atoms with Gasteiger partial charge in [-0.2, -0.15) is 0 Å². The lowest BCUT2D eigenvalue weighted by atomic mass is 10.1. The van der Waals surface area contributed by atoms with Crippen LogP contribution in [0.4, 0.5) is 0 Å². The van der Waals surface area contributed by atoms with Crippen molar-refractivity contribution in [3.63, 3.8) is 0 Å². The largest absolute Gasteiger partial charge is 0.325 e. The fourth-order valence-corrected chi connectivity index (χ4v) is 3.76. The second-order valence-corrected chi connectivity index (χ2v) is 8.01. The van der Waals surface area contributed by atoms with Gasteiger partial charge in [0.2, 0.25) is 5.91 Å². The van der Waals surface area contributed by atoms with Gasteiger partial charge < -0.3 is 5.32 Å². The maximum Gasteiger partial charge on any atom is 0.234 e. The van der Waals surface area contributed by atoms with Crippen molar-refractivity contribution in [3.05, 3.63) is 89.1 Å². The number of amides is 1. The molecule has 0 bridgehead atoms. The molecule has 1 unspecified atom stereocenters. The Morgan fingerprint density at radius 2 is 2.13 bits per heavy atom. The highest BCUT2D eigenvalue weighted by Gasteiger charge is 2.11. The van der Waals surface area contributed by atoms with Crippen molar-refractivity contribution in [2.45, 2.75) is 18.9 Å². The average Bonchev–Trinajstić information content (AvgIpc) is 2.92. The number of aromatic nitrogens is 2. The molecule has 0 fully saturated rings. The molecule has 1 aromatic carbocycles. The topological polar surface area (TPSA) is 54.9 Å². The van der Waals surface area contributed by atoms with E-state index in [2.05, 4.69) is 36.5 Å².